The highest BCUT2D eigenvalue weighted by Gasteiger charge is 2.52. The van der Waals surface area contributed by atoms with Gasteiger partial charge >= 0.3 is 0 Å². The molecule has 0 radical (unpaired) electrons. The van der Waals surface area contributed by atoms with E-state index in [4.69, 9.17) is 14.2 Å². The van der Waals surface area contributed by atoms with Crippen LogP contribution in [0.2, 0.25) is 0 Å². The monoisotopic (exact) mass is 385 g/mol. The molecule has 0 N–H and O–H groups in total. The maximum Gasteiger partial charge on any atom is 0.217 e. The summed E-state index contributed by atoms with van der Waals surface area (Å²) in [5.41, 5.74) is 0.621. The molecule has 144 valence electrons. The number of hydrogen-bond acceptors (Lipinski definition) is 5. The van der Waals surface area contributed by atoms with Crippen molar-refractivity contribution in [2.45, 2.75) is 24.1 Å². The van der Waals surface area contributed by atoms with Crippen LogP contribution in [0.25, 0.3) is 0 Å². The van der Waals surface area contributed by atoms with E-state index in [2.05, 4.69) is 0 Å². The van der Waals surface area contributed by atoms with Crippen LogP contribution in [-0.4, -0.2) is 58.1 Å². The Bertz CT molecular complexity index is 765. The Labute approximate surface area is 153 Å². The minimum atomic E-state index is -3.52. The summed E-state index contributed by atoms with van der Waals surface area (Å²) in [7, 11) is -1.91. The first-order valence-corrected chi connectivity index (χ1v) is 10.5. The fourth-order valence-electron chi connectivity index (χ4n) is 4.45. The second kappa shape index (κ2) is 7.07. The molecule has 0 unspecified atom stereocenters. The van der Waals surface area contributed by atoms with Gasteiger partial charge in [0.25, 0.3) is 0 Å². The van der Waals surface area contributed by atoms with E-state index < -0.39 is 21.3 Å². The number of nitrogens with zero attached hydrogens (tertiary/aromatic N) is 1. The van der Waals surface area contributed by atoms with Gasteiger partial charge in [-0.2, -0.15) is 4.31 Å². The van der Waals surface area contributed by atoms with Gasteiger partial charge in [0.1, 0.15) is 11.6 Å². The van der Waals surface area contributed by atoms with E-state index in [0.29, 0.717) is 57.1 Å². The molecular formula is C18H24FNO5S. The van der Waals surface area contributed by atoms with Crippen molar-refractivity contribution in [2.75, 3.05) is 40.1 Å². The minimum Gasteiger partial charge on any atom is -0.493 e. The van der Waals surface area contributed by atoms with Crippen LogP contribution in [0.4, 0.5) is 4.39 Å². The van der Waals surface area contributed by atoms with E-state index in [1.807, 2.05) is 0 Å². The number of sulfonamides is 1. The summed E-state index contributed by atoms with van der Waals surface area (Å²) < 4.78 is 58.7. The Hall–Kier alpha value is -1.22. The lowest BCUT2D eigenvalue weighted by Gasteiger charge is -2.36. The van der Waals surface area contributed by atoms with Crippen molar-refractivity contribution in [1.29, 1.82) is 0 Å². The van der Waals surface area contributed by atoms with Crippen molar-refractivity contribution in [2.24, 2.45) is 11.8 Å². The number of fused-ring (bicyclic) bond motifs is 3. The topological polar surface area (TPSA) is 65.1 Å². The van der Waals surface area contributed by atoms with Crippen LogP contribution in [0.1, 0.15) is 24.4 Å². The van der Waals surface area contributed by atoms with Crippen molar-refractivity contribution in [3.05, 3.63) is 29.6 Å². The highest BCUT2D eigenvalue weighted by atomic mass is 32.2. The summed E-state index contributed by atoms with van der Waals surface area (Å²) >= 11 is 0. The number of hydrogen-bond donors (Lipinski definition) is 0. The predicted molar refractivity (Wildman–Crippen MR) is 93.0 cm³/mol. The molecule has 0 saturated carbocycles. The van der Waals surface area contributed by atoms with Crippen molar-refractivity contribution in [3.8, 4) is 5.75 Å². The zero-order chi connectivity index (χ0) is 18.3. The molecule has 1 aromatic carbocycles. The van der Waals surface area contributed by atoms with E-state index in [1.165, 1.54) is 12.1 Å². The number of methoxy groups -OCH3 is 1. The normalized spacial score (nSPS) is 29.8. The first kappa shape index (κ1) is 18.2. The standard InChI is InChI=1S/C18H24FNO5S/c1-23-10-12-9-20(26(21,22)14-4-6-24-7-5-14)18-15-8-13(19)2-3-17(15)25-11-16(12)18/h2-3,8,12,14,16,18H,4-7,9-11H2,1H3/t12-,16-,18-/m0/s1. The molecule has 1 aromatic rings. The summed E-state index contributed by atoms with van der Waals surface area (Å²) in [6.07, 6.45) is 0.995. The number of rotatable bonds is 4. The molecule has 3 heterocycles. The third-order valence-corrected chi connectivity index (χ3v) is 8.10. The lowest BCUT2D eigenvalue weighted by Crippen LogP contribution is -2.42. The second-order valence-electron chi connectivity index (χ2n) is 7.24. The van der Waals surface area contributed by atoms with Crippen molar-refractivity contribution >= 4 is 10.0 Å². The summed E-state index contributed by atoms with van der Waals surface area (Å²) in [6.45, 7) is 2.16. The maximum absolute atomic E-state index is 13.9. The molecule has 6 nitrogen and oxygen atoms in total. The molecule has 26 heavy (non-hydrogen) atoms. The Morgan fingerprint density at radius 1 is 1.31 bits per heavy atom. The lowest BCUT2D eigenvalue weighted by atomic mass is 9.86. The average Bonchev–Trinajstić information content (AvgIpc) is 3.03. The van der Waals surface area contributed by atoms with E-state index in [9.17, 15) is 12.8 Å². The molecule has 3 aliphatic rings. The summed E-state index contributed by atoms with van der Waals surface area (Å²) in [4.78, 5) is 0. The summed E-state index contributed by atoms with van der Waals surface area (Å²) in [6, 6.07) is 3.94. The quantitative estimate of drug-likeness (QED) is 0.793. The van der Waals surface area contributed by atoms with E-state index in [0.717, 1.165) is 0 Å². The fourth-order valence-corrected chi connectivity index (χ4v) is 6.61. The van der Waals surface area contributed by atoms with Crippen LogP contribution >= 0.6 is 0 Å². The van der Waals surface area contributed by atoms with Crippen LogP contribution in [-0.2, 0) is 19.5 Å². The van der Waals surface area contributed by atoms with Gasteiger partial charge in [0.2, 0.25) is 10.0 Å². The zero-order valence-electron chi connectivity index (χ0n) is 14.8. The molecule has 3 atom stereocenters. The van der Waals surface area contributed by atoms with Crippen LogP contribution in [0, 0.1) is 17.7 Å². The lowest BCUT2D eigenvalue weighted by molar-refractivity contribution is 0.0959. The summed E-state index contributed by atoms with van der Waals surface area (Å²) in [5, 5.41) is -0.446. The van der Waals surface area contributed by atoms with Crippen molar-refractivity contribution in [1.82, 2.24) is 4.31 Å². The SMILES string of the molecule is COC[C@@H]1CN(S(=O)(=O)C2CCOCC2)[C@H]2c3cc(F)ccc3OC[C@@H]12. The van der Waals surface area contributed by atoms with Gasteiger partial charge in [-0.15, -0.1) is 0 Å². The Kier molecular flexibility index (Phi) is 4.94. The average molecular weight is 385 g/mol. The van der Waals surface area contributed by atoms with Crippen LogP contribution in [0.5, 0.6) is 5.75 Å². The van der Waals surface area contributed by atoms with Gasteiger partial charge in [-0.25, -0.2) is 12.8 Å². The molecular weight excluding hydrogens is 361 g/mol. The molecule has 8 heteroatoms. The van der Waals surface area contributed by atoms with Gasteiger partial charge in [-0.05, 0) is 31.0 Å². The van der Waals surface area contributed by atoms with Gasteiger partial charge in [-0.3, -0.25) is 0 Å². The molecule has 0 aromatic heterocycles. The third kappa shape index (κ3) is 3.02. The molecule has 0 amide bonds. The first-order valence-electron chi connectivity index (χ1n) is 9.02. The fraction of sp³-hybridized carbons (Fsp3) is 0.667. The van der Waals surface area contributed by atoms with Gasteiger partial charge in [0, 0.05) is 44.3 Å². The smallest absolute Gasteiger partial charge is 0.217 e. The maximum atomic E-state index is 13.9. The number of halogens is 1. The second-order valence-corrected chi connectivity index (χ2v) is 9.41. The van der Waals surface area contributed by atoms with E-state index >= 15 is 0 Å². The molecule has 0 aliphatic carbocycles. The van der Waals surface area contributed by atoms with Gasteiger partial charge in [-0.1, -0.05) is 0 Å². The largest absolute Gasteiger partial charge is 0.493 e. The molecule has 0 spiro atoms. The molecule has 2 fully saturated rings. The highest BCUT2D eigenvalue weighted by molar-refractivity contribution is 7.89. The van der Waals surface area contributed by atoms with Crippen molar-refractivity contribution < 1.29 is 27.0 Å². The Morgan fingerprint density at radius 2 is 2.08 bits per heavy atom. The molecule has 0 bridgehead atoms. The first-order chi connectivity index (χ1) is 12.5. The third-order valence-electron chi connectivity index (χ3n) is 5.75. The highest BCUT2D eigenvalue weighted by Crippen LogP contribution is 2.49. The Balaban J connectivity index is 1.74. The van der Waals surface area contributed by atoms with Gasteiger partial charge in [0.05, 0.1) is 24.5 Å². The predicted octanol–water partition coefficient (Wildman–Crippen LogP) is 1.96. The van der Waals surface area contributed by atoms with Crippen LogP contribution in [0.3, 0.4) is 0 Å². The summed E-state index contributed by atoms with van der Waals surface area (Å²) in [5.74, 6) is 0.166. The number of benzene rings is 1. The van der Waals surface area contributed by atoms with E-state index in [1.54, 1.807) is 17.5 Å². The molecule has 2 saturated heterocycles. The zero-order valence-corrected chi connectivity index (χ0v) is 15.6. The van der Waals surface area contributed by atoms with Crippen LogP contribution in [0.15, 0.2) is 18.2 Å². The van der Waals surface area contributed by atoms with E-state index in [-0.39, 0.29) is 17.7 Å². The molecule has 4 rings (SSSR count). The molecule has 3 aliphatic heterocycles. The van der Waals surface area contributed by atoms with Gasteiger partial charge in [0.15, 0.2) is 0 Å². The van der Waals surface area contributed by atoms with Crippen LogP contribution < -0.4 is 4.74 Å². The minimum absolute atomic E-state index is 0.0241. The van der Waals surface area contributed by atoms with Gasteiger partial charge < -0.3 is 14.2 Å². The number of ether oxygens (including phenoxy) is 3. The van der Waals surface area contributed by atoms with Crippen molar-refractivity contribution in [3.63, 3.8) is 0 Å². The Morgan fingerprint density at radius 3 is 2.81 bits per heavy atom.